The Hall–Kier alpha value is -0.710. The molecule has 0 saturated heterocycles. The van der Waals surface area contributed by atoms with Crippen molar-refractivity contribution in [3.63, 3.8) is 0 Å². The van der Waals surface area contributed by atoms with E-state index >= 15 is 0 Å². The Morgan fingerprint density at radius 2 is 2.21 bits per heavy atom. The van der Waals surface area contributed by atoms with Gasteiger partial charge in [-0.25, -0.2) is 0 Å². The third-order valence-electron chi connectivity index (χ3n) is 3.84. The summed E-state index contributed by atoms with van der Waals surface area (Å²) in [5.74, 6) is 0.239. The fourth-order valence-electron chi connectivity index (χ4n) is 2.84. The summed E-state index contributed by atoms with van der Waals surface area (Å²) in [6, 6.07) is 3.80. The van der Waals surface area contributed by atoms with Crippen LogP contribution in [0.2, 0.25) is 0 Å². The van der Waals surface area contributed by atoms with Crippen molar-refractivity contribution >= 4 is 17.1 Å². The first-order chi connectivity index (χ1) is 9.09. The number of nitrogens with zero attached hydrogens (tertiary/aromatic N) is 1. The van der Waals surface area contributed by atoms with Crippen LogP contribution in [0.4, 0.5) is 0 Å². The normalized spacial score (nSPS) is 18.1. The highest BCUT2D eigenvalue weighted by atomic mass is 32.1. The molecule has 0 bridgehead atoms. The molecule has 1 aromatic rings. The first kappa shape index (κ1) is 14.7. The van der Waals surface area contributed by atoms with Gasteiger partial charge in [-0.05, 0) is 44.3 Å². The van der Waals surface area contributed by atoms with Crippen LogP contribution in [-0.4, -0.2) is 41.5 Å². The molecule has 0 spiro atoms. The molecule has 1 saturated carbocycles. The number of Topliss-reactive ketones (excluding diaryl/α,β-unsaturated/α-hetero) is 1. The van der Waals surface area contributed by atoms with Gasteiger partial charge in [0.1, 0.15) is 0 Å². The number of carbonyl (C=O) groups is 1. The lowest BCUT2D eigenvalue weighted by Gasteiger charge is -2.28. The summed E-state index contributed by atoms with van der Waals surface area (Å²) in [7, 11) is 2.03. The van der Waals surface area contributed by atoms with Gasteiger partial charge in [-0.15, -0.1) is 11.3 Å². The van der Waals surface area contributed by atoms with Gasteiger partial charge < -0.3 is 10.0 Å². The standard InChI is InChI=1S/C15H23NO2S/c1-16(12-15(18)8-2-3-9-15)10-4-6-13(17)14-7-5-11-19-14/h5,7,11,18H,2-4,6,8-10,12H2,1H3. The molecule has 1 fully saturated rings. The summed E-state index contributed by atoms with van der Waals surface area (Å²) in [5, 5.41) is 12.3. The number of hydrogen-bond donors (Lipinski definition) is 1. The SMILES string of the molecule is CN(CCCC(=O)c1cccs1)CC1(O)CCCC1. The van der Waals surface area contributed by atoms with E-state index in [1.165, 1.54) is 11.3 Å². The zero-order valence-corrected chi connectivity index (χ0v) is 12.4. The highest BCUT2D eigenvalue weighted by molar-refractivity contribution is 7.12. The smallest absolute Gasteiger partial charge is 0.172 e. The molecule has 2 rings (SSSR count). The maximum Gasteiger partial charge on any atom is 0.172 e. The fourth-order valence-corrected chi connectivity index (χ4v) is 3.54. The molecule has 1 aliphatic carbocycles. The molecule has 0 unspecified atom stereocenters. The van der Waals surface area contributed by atoms with Gasteiger partial charge in [0, 0.05) is 13.0 Å². The lowest BCUT2D eigenvalue weighted by molar-refractivity contribution is 0.0162. The van der Waals surface area contributed by atoms with Gasteiger partial charge in [-0.2, -0.15) is 0 Å². The second kappa shape index (κ2) is 6.64. The average Bonchev–Trinajstić information content (AvgIpc) is 3.00. The van der Waals surface area contributed by atoms with E-state index in [1.54, 1.807) is 0 Å². The molecule has 0 amide bonds. The Bertz CT molecular complexity index is 396. The van der Waals surface area contributed by atoms with Crippen molar-refractivity contribution in [3.05, 3.63) is 22.4 Å². The van der Waals surface area contributed by atoms with Gasteiger partial charge in [-0.3, -0.25) is 4.79 Å². The van der Waals surface area contributed by atoms with Gasteiger partial charge >= 0.3 is 0 Å². The van der Waals surface area contributed by atoms with Crippen molar-refractivity contribution in [2.45, 2.75) is 44.1 Å². The van der Waals surface area contributed by atoms with E-state index in [4.69, 9.17) is 0 Å². The minimum Gasteiger partial charge on any atom is -0.389 e. The first-order valence-electron chi connectivity index (χ1n) is 7.07. The minimum atomic E-state index is -0.480. The van der Waals surface area contributed by atoms with Crippen molar-refractivity contribution in [1.29, 1.82) is 0 Å². The maximum atomic E-state index is 11.8. The molecule has 1 N–H and O–H groups in total. The second-order valence-electron chi connectivity index (χ2n) is 5.67. The van der Waals surface area contributed by atoms with Crippen molar-refractivity contribution in [1.82, 2.24) is 4.90 Å². The van der Waals surface area contributed by atoms with Gasteiger partial charge in [0.2, 0.25) is 0 Å². The summed E-state index contributed by atoms with van der Waals surface area (Å²) in [6.07, 6.45) is 5.59. The second-order valence-corrected chi connectivity index (χ2v) is 6.62. The van der Waals surface area contributed by atoms with Crippen LogP contribution in [0.15, 0.2) is 17.5 Å². The Morgan fingerprint density at radius 3 is 2.84 bits per heavy atom. The number of aliphatic hydroxyl groups is 1. The van der Waals surface area contributed by atoms with Crippen molar-refractivity contribution < 1.29 is 9.90 Å². The van der Waals surface area contributed by atoms with Crippen LogP contribution in [0.3, 0.4) is 0 Å². The zero-order valence-electron chi connectivity index (χ0n) is 11.6. The third kappa shape index (κ3) is 4.41. The van der Waals surface area contributed by atoms with E-state index in [-0.39, 0.29) is 5.78 Å². The predicted molar refractivity (Wildman–Crippen MR) is 78.8 cm³/mol. The molecule has 0 radical (unpaired) electrons. The molecule has 4 heteroatoms. The summed E-state index contributed by atoms with van der Waals surface area (Å²) >= 11 is 1.51. The molecular formula is C15H23NO2S. The minimum absolute atomic E-state index is 0.239. The number of likely N-dealkylation sites (N-methyl/N-ethyl adjacent to an activating group) is 1. The van der Waals surface area contributed by atoms with Crippen LogP contribution in [0.25, 0.3) is 0 Å². The number of hydrogen-bond acceptors (Lipinski definition) is 4. The molecule has 0 atom stereocenters. The predicted octanol–water partition coefficient (Wildman–Crippen LogP) is 2.95. The molecule has 1 aliphatic rings. The summed E-state index contributed by atoms with van der Waals surface area (Å²) < 4.78 is 0. The summed E-state index contributed by atoms with van der Waals surface area (Å²) in [4.78, 5) is 14.9. The number of rotatable bonds is 7. The zero-order chi connectivity index (χ0) is 13.7. The maximum absolute atomic E-state index is 11.8. The third-order valence-corrected chi connectivity index (χ3v) is 4.75. The summed E-state index contributed by atoms with van der Waals surface area (Å²) in [6.45, 7) is 1.61. The van der Waals surface area contributed by atoms with Crippen LogP contribution in [0, 0.1) is 0 Å². The molecule has 0 aromatic carbocycles. The molecule has 106 valence electrons. The van der Waals surface area contributed by atoms with Crippen LogP contribution in [0.1, 0.15) is 48.2 Å². The molecule has 0 aliphatic heterocycles. The number of carbonyl (C=O) groups excluding carboxylic acids is 1. The fraction of sp³-hybridized carbons (Fsp3) is 0.667. The molecule has 3 nitrogen and oxygen atoms in total. The highest BCUT2D eigenvalue weighted by Gasteiger charge is 2.31. The lowest BCUT2D eigenvalue weighted by Crippen LogP contribution is -2.39. The van der Waals surface area contributed by atoms with Gasteiger partial charge in [-0.1, -0.05) is 18.9 Å². The van der Waals surface area contributed by atoms with E-state index in [9.17, 15) is 9.90 Å². The molecular weight excluding hydrogens is 258 g/mol. The highest BCUT2D eigenvalue weighted by Crippen LogP contribution is 2.29. The van der Waals surface area contributed by atoms with E-state index in [2.05, 4.69) is 4.90 Å². The van der Waals surface area contributed by atoms with Crippen LogP contribution in [0.5, 0.6) is 0 Å². The van der Waals surface area contributed by atoms with Crippen LogP contribution in [-0.2, 0) is 0 Å². The van der Waals surface area contributed by atoms with Crippen LogP contribution < -0.4 is 0 Å². The Kier molecular flexibility index (Phi) is 5.13. The summed E-state index contributed by atoms with van der Waals surface area (Å²) in [5.41, 5.74) is -0.480. The monoisotopic (exact) mass is 281 g/mol. The quantitative estimate of drug-likeness (QED) is 0.781. The van der Waals surface area contributed by atoms with E-state index in [0.29, 0.717) is 6.42 Å². The first-order valence-corrected chi connectivity index (χ1v) is 7.95. The average molecular weight is 281 g/mol. The largest absolute Gasteiger partial charge is 0.389 e. The molecule has 1 heterocycles. The van der Waals surface area contributed by atoms with Gasteiger partial charge in [0.25, 0.3) is 0 Å². The van der Waals surface area contributed by atoms with E-state index < -0.39 is 5.60 Å². The van der Waals surface area contributed by atoms with Crippen LogP contribution >= 0.6 is 11.3 Å². The number of ketones is 1. The van der Waals surface area contributed by atoms with Crippen molar-refractivity contribution in [3.8, 4) is 0 Å². The van der Waals surface area contributed by atoms with E-state index in [1.807, 2.05) is 24.6 Å². The van der Waals surface area contributed by atoms with Crippen molar-refractivity contribution in [2.75, 3.05) is 20.1 Å². The molecule has 19 heavy (non-hydrogen) atoms. The lowest BCUT2D eigenvalue weighted by atomic mass is 10.0. The Labute approximate surface area is 119 Å². The van der Waals surface area contributed by atoms with Crippen molar-refractivity contribution in [2.24, 2.45) is 0 Å². The molecule has 1 aromatic heterocycles. The Balaban J connectivity index is 1.66. The van der Waals surface area contributed by atoms with Gasteiger partial charge in [0.05, 0.1) is 10.5 Å². The number of thiophene rings is 1. The topological polar surface area (TPSA) is 40.5 Å². The van der Waals surface area contributed by atoms with E-state index in [0.717, 1.165) is 50.1 Å². The van der Waals surface area contributed by atoms with Gasteiger partial charge in [0.15, 0.2) is 5.78 Å². The Morgan fingerprint density at radius 1 is 1.47 bits per heavy atom.